The highest BCUT2D eigenvalue weighted by Gasteiger charge is 2.37. The van der Waals surface area contributed by atoms with Gasteiger partial charge in [0.2, 0.25) is 0 Å². The summed E-state index contributed by atoms with van der Waals surface area (Å²) >= 11 is 0. The first-order valence-electron chi connectivity index (χ1n) is 8.98. The molecule has 6 heteroatoms. The molecule has 2 atom stereocenters. The summed E-state index contributed by atoms with van der Waals surface area (Å²) in [5, 5.41) is 14.2. The predicted octanol–water partition coefficient (Wildman–Crippen LogP) is 2.78. The first-order valence-corrected chi connectivity index (χ1v) is 8.98. The Morgan fingerprint density at radius 2 is 2.20 bits per heavy atom. The molecule has 3 heterocycles. The minimum Gasteiger partial charge on any atom is -0.456 e. The van der Waals surface area contributed by atoms with Crippen LogP contribution >= 0.6 is 0 Å². The number of hydrogen-bond donors (Lipinski definition) is 1. The van der Waals surface area contributed by atoms with Crippen LogP contribution in [0.2, 0.25) is 0 Å². The van der Waals surface area contributed by atoms with Gasteiger partial charge in [-0.2, -0.15) is 5.10 Å². The monoisotopic (exact) mass is 345 g/mol. The number of carbonyl (C=O) groups excluding carboxylic acids is 1. The molecule has 6 nitrogen and oxygen atoms in total. The number of nitrogens with zero attached hydrogens (tertiary/aromatic N) is 3. The number of amides is 1. The minimum atomic E-state index is -0.0972. The van der Waals surface area contributed by atoms with Gasteiger partial charge in [-0.3, -0.25) is 9.48 Å². The molecule has 2 aromatic rings. The quantitative estimate of drug-likeness (QED) is 0.904. The van der Waals surface area contributed by atoms with Crippen molar-refractivity contribution < 1.29 is 14.3 Å². The Balaban J connectivity index is 1.79. The number of carbonyl (C=O) groups is 1. The van der Waals surface area contributed by atoms with Gasteiger partial charge in [0, 0.05) is 50.2 Å². The zero-order chi connectivity index (χ0) is 18.1. The first-order chi connectivity index (χ1) is 11.9. The lowest BCUT2D eigenvalue weighted by Crippen LogP contribution is -2.28. The summed E-state index contributed by atoms with van der Waals surface area (Å²) in [5.41, 5.74) is 2.09. The topological polar surface area (TPSA) is 71.5 Å². The van der Waals surface area contributed by atoms with E-state index >= 15 is 0 Å². The summed E-state index contributed by atoms with van der Waals surface area (Å²) in [6, 6.07) is 2.11. The molecule has 1 fully saturated rings. The fraction of sp³-hybridized carbons (Fsp3) is 0.579. The number of aliphatic hydroxyl groups is 1. The molecule has 1 N–H and O–H groups in total. The summed E-state index contributed by atoms with van der Waals surface area (Å²) in [6.45, 7) is 9.30. The molecule has 1 saturated heterocycles. The Bertz CT molecular complexity index is 747. The van der Waals surface area contributed by atoms with Crippen molar-refractivity contribution in [3.63, 3.8) is 0 Å². The molecule has 1 aliphatic rings. The maximum atomic E-state index is 12.8. The Morgan fingerprint density at radius 3 is 2.76 bits per heavy atom. The lowest BCUT2D eigenvalue weighted by atomic mass is 9.92. The molecule has 0 radical (unpaired) electrons. The third-order valence-electron chi connectivity index (χ3n) is 5.09. The smallest absolute Gasteiger partial charge is 0.289 e. The van der Waals surface area contributed by atoms with Crippen molar-refractivity contribution in [2.45, 2.75) is 46.1 Å². The summed E-state index contributed by atoms with van der Waals surface area (Å²) in [4.78, 5) is 14.6. The summed E-state index contributed by atoms with van der Waals surface area (Å²) < 4.78 is 7.63. The molecule has 2 aromatic heterocycles. The van der Waals surface area contributed by atoms with Crippen molar-refractivity contribution in [2.24, 2.45) is 5.92 Å². The van der Waals surface area contributed by atoms with Crippen LogP contribution in [0.25, 0.3) is 0 Å². The van der Waals surface area contributed by atoms with Gasteiger partial charge in [0.1, 0.15) is 5.76 Å². The van der Waals surface area contributed by atoms with Crippen molar-refractivity contribution in [2.75, 3.05) is 19.7 Å². The molecule has 3 rings (SSSR count). The largest absolute Gasteiger partial charge is 0.456 e. The van der Waals surface area contributed by atoms with Crippen molar-refractivity contribution in [3.05, 3.63) is 41.1 Å². The molecule has 136 valence electrons. The maximum Gasteiger partial charge on any atom is 0.289 e. The van der Waals surface area contributed by atoms with Gasteiger partial charge in [-0.05, 0) is 38.0 Å². The van der Waals surface area contributed by atoms with E-state index < -0.39 is 0 Å². The second kappa shape index (κ2) is 7.04. The molecule has 0 aliphatic carbocycles. The fourth-order valence-corrected chi connectivity index (χ4v) is 3.56. The van der Waals surface area contributed by atoms with Gasteiger partial charge in [-0.15, -0.1) is 0 Å². The Hall–Kier alpha value is -2.08. The van der Waals surface area contributed by atoms with E-state index in [-0.39, 0.29) is 24.3 Å². The normalized spacial score (nSPS) is 20.6. The molecule has 25 heavy (non-hydrogen) atoms. The van der Waals surface area contributed by atoms with E-state index in [1.54, 1.807) is 4.90 Å². The van der Waals surface area contributed by atoms with Crippen molar-refractivity contribution >= 4 is 5.91 Å². The molecule has 0 saturated carbocycles. The third kappa shape index (κ3) is 3.35. The van der Waals surface area contributed by atoms with E-state index in [1.807, 2.05) is 37.0 Å². The van der Waals surface area contributed by atoms with Crippen LogP contribution in [0, 0.1) is 12.8 Å². The van der Waals surface area contributed by atoms with Gasteiger partial charge in [0.25, 0.3) is 5.91 Å². The highest BCUT2D eigenvalue weighted by atomic mass is 16.4. The zero-order valence-electron chi connectivity index (χ0n) is 15.4. The second-order valence-electron chi connectivity index (χ2n) is 7.18. The van der Waals surface area contributed by atoms with Crippen LogP contribution in [-0.4, -0.2) is 45.4 Å². The van der Waals surface area contributed by atoms with E-state index in [1.165, 1.54) is 0 Å². The number of aliphatic hydroxyl groups excluding tert-OH is 1. The van der Waals surface area contributed by atoms with E-state index in [0.29, 0.717) is 24.9 Å². The third-order valence-corrected chi connectivity index (χ3v) is 5.09. The van der Waals surface area contributed by atoms with Crippen molar-refractivity contribution in [1.29, 1.82) is 0 Å². The minimum absolute atomic E-state index is 0.0236. The van der Waals surface area contributed by atoms with Gasteiger partial charge in [0.15, 0.2) is 5.76 Å². The summed E-state index contributed by atoms with van der Waals surface area (Å²) in [6.07, 6.45) is 4.65. The van der Waals surface area contributed by atoms with E-state index in [9.17, 15) is 9.90 Å². The van der Waals surface area contributed by atoms with Crippen LogP contribution in [0.4, 0.5) is 0 Å². The maximum absolute atomic E-state index is 12.8. The number of hydrogen-bond acceptors (Lipinski definition) is 4. The number of likely N-dealkylation sites (tertiary alicyclic amines) is 1. The zero-order valence-corrected chi connectivity index (χ0v) is 15.4. The Morgan fingerprint density at radius 1 is 1.44 bits per heavy atom. The number of aromatic nitrogens is 2. The van der Waals surface area contributed by atoms with Crippen LogP contribution in [-0.2, 0) is 6.42 Å². The molecule has 0 spiro atoms. The van der Waals surface area contributed by atoms with Gasteiger partial charge in [0.05, 0.1) is 6.20 Å². The van der Waals surface area contributed by atoms with Crippen LogP contribution in [0.3, 0.4) is 0 Å². The van der Waals surface area contributed by atoms with Crippen molar-refractivity contribution in [1.82, 2.24) is 14.7 Å². The molecular formula is C19H27N3O3. The predicted molar refractivity (Wildman–Crippen MR) is 94.7 cm³/mol. The molecular weight excluding hydrogens is 318 g/mol. The Labute approximate surface area is 148 Å². The summed E-state index contributed by atoms with van der Waals surface area (Å²) in [7, 11) is 0. The van der Waals surface area contributed by atoms with Crippen molar-refractivity contribution in [3.8, 4) is 0 Å². The van der Waals surface area contributed by atoms with Crippen LogP contribution in [0.5, 0.6) is 0 Å². The number of rotatable bonds is 5. The summed E-state index contributed by atoms with van der Waals surface area (Å²) in [5.74, 6) is 1.28. The lowest BCUT2D eigenvalue weighted by molar-refractivity contribution is 0.0748. The standard InChI is InChI=1S/C19H27N3O3/c1-5-17-13(4)6-18(25-17)19(24)21-8-15(11-23)16(10-21)14-7-20-22(9-14)12(2)3/h6-7,9,12,15-16,23H,5,8,10-11H2,1-4H3/t15-,16-/m0/s1. The van der Waals surface area contributed by atoms with Crippen LogP contribution < -0.4 is 0 Å². The van der Waals surface area contributed by atoms with Crippen LogP contribution in [0.15, 0.2) is 22.9 Å². The SMILES string of the molecule is CCc1oc(C(=O)N2C[C@@H](CO)[C@H](c3cnn(C(C)C)c3)C2)cc1C. The molecule has 0 unspecified atom stereocenters. The van der Waals surface area contributed by atoms with E-state index in [0.717, 1.165) is 23.3 Å². The highest BCUT2D eigenvalue weighted by molar-refractivity contribution is 5.92. The second-order valence-corrected chi connectivity index (χ2v) is 7.18. The first kappa shape index (κ1) is 17.7. The van der Waals surface area contributed by atoms with Gasteiger partial charge < -0.3 is 14.4 Å². The molecule has 0 bridgehead atoms. The Kier molecular flexibility index (Phi) is 4.99. The molecule has 1 amide bonds. The van der Waals surface area contributed by atoms with Gasteiger partial charge >= 0.3 is 0 Å². The average molecular weight is 345 g/mol. The van der Waals surface area contributed by atoms with Gasteiger partial charge in [-0.1, -0.05) is 6.92 Å². The lowest BCUT2D eigenvalue weighted by Gasteiger charge is -2.14. The van der Waals surface area contributed by atoms with E-state index in [4.69, 9.17) is 4.42 Å². The molecule has 1 aliphatic heterocycles. The number of aryl methyl sites for hydroxylation is 2. The number of furan rings is 1. The van der Waals surface area contributed by atoms with Gasteiger partial charge in [-0.25, -0.2) is 0 Å². The highest BCUT2D eigenvalue weighted by Crippen LogP contribution is 2.33. The molecule has 0 aromatic carbocycles. The van der Waals surface area contributed by atoms with E-state index in [2.05, 4.69) is 18.9 Å². The fourth-order valence-electron chi connectivity index (χ4n) is 3.56. The average Bonchev–Trinajstić information content (AvgIpc) is 3.31. The van der Waals surface area contributed by atoms with Crippen LogP contribution in [0.1, 0.15) is 60.2 Å².